The molecule has 0 saturated heterocycles. The molecule has 0 aliphatic carbocycles. The van der Waals surface area contributed by atoms with Gasteiger partial charge in [-0.1, -0.05) is 84.4 Å². The highest BCUT2D eigenvalue weighted by molar-refractivity contribution is 6.33. The number of carbonyl (C=O) groups excluding carboxylic acids is 1. The number of halogens is 3. The first-order valence-corrected chi connectivity index (χ1v) is 10.4. The molecule has 7 heteroatoms. The Kier molecular flexibility index (Phi) is 9.89. The van der Waals surface area contributed by atoms with Gasteiger partial charge in [0.05, 0.1) is 11.1 Å². The number of hydrogen-bond acceptors (Lipinski definition) is 3. The number of rotatable bonds is 6. The predicted molar refractivity (Wildman–Crippen MR) is 141 cm³/mol. The molecule has 0 aliphatic rings. The first-order chi connectivity index (χ1) is 15.1. The number of hydrogen-bond donors (Lipinski definition) is 2. The molecule has 33 heavy (non-hydrogen) atoms. The van der Waals surface area contributed by atoms with Gasteiger partial charge in [0, 0.05) is 29.6 Å². The molecule has 0 unspecified atom stereocenters. The minimum Gasteiger partial charge on any atom is -0.325 e. The number of nitrogens with one attached hydrogen (secondary N) is 1. The van der Waals surface area contributed by atoms with E-state index in [2.05, 4.69) is 10.3 Å². The maximum atomic E-state index is 13.0. The Labute approximate surface area is 211 Å². The van der Waals surface area contributed by atoms with Crippen molar-refractivity contribution in [2.24, 2.45) is 5.73 Å². The zero-order valence-electron chi connectivity index (χ0n) is 17.6. The molecule has 4 aromatic rings. The van der Waals surface area contributed by atoms with Gasteiger partial charge in [0.25, 0.3) is 0 Å². The van der Waals surface area contributed by atoms with Gasteiger partial charge in [0.2, 0.25) is 5.91 Å². The molecule has 1 heterocycles. The van der Waals surface area contributed by atoms with Crippen LogP contribution >= 0.6 is 36.4 Å². The van der Waals surface area contributed by atoms with E-state index >= 15 is 0 Å². The fourth-order valence-corrected chi connectivity index (χ4v) is 3.88. The van der Waals surface area contributed by atoms with Crippen molar-refractivity contribution < 1.29 is 4.79 Å². The fourth-order valence-electron chi connectivity index (χ4n) is 3.65. The van der Waals surface area contributed by atoms with Crippen LogP contribution in [0.3, 0.4) is 0 Å². The lowest BCUT2D eigenvalue weighted by Gasteiger charge is -2.24. The van der Waals surface area contributed by atoms with Crippen LogP contribution in [0.4, 0.5) is 5.69 Å². The highest BCUT2D eigenvalue weighted by Gasteiger charge is 2.27. The number of nitrogens with two attached hydrogens (primary N) is 1. The van der Waals surface area contributed by atoms with Crippen LogP contribution in [-0.2, 0) is 4.79 Å². The lowest BCUT2D eigenvalue weighted by molar-refractivity contribution is -0.117. The molecular weight excluding hydrogens is 477 g/mol. The summed E-state index contributed by atoms with van der Waals surface area (Å²) in [5, 5.41) is 3.52. The number of benzene rings is 3. The van der Waals surface area contributed by atoms with Crippen LogP contribution in [0.2, 0.25) is 5.02 Å². The first-order valence-electron chi connectivity index (χ1n) is 10.00. The quantitative estimate of drug-likeness (QED) is 0.324. The van der Waals surface area contributed by atoms with Gasteiger partial charge in [0.15, 0.2) is 0 Å². The van der Waals surface area contributed by atoms with E-state index in [-0.39, 0.29) is 36.6 Å². The van der Waals surface area contributed by atoms with E-state index in [4.69, 9.17) is 17.3 Å². The van der Waals surface area contributed by atoms with E-state index in [0.717, 1.165) is 22.3 Å². The number of amides is 1. The third kappa shape index (κ3) is 6.34. The Morgan fingerprint density at radius 2 is 1.36 bits per heavy atom. The average Bonchev–Trinajstić information content (AvgIpc) is 2.81. The summed E-state index contributed by atoms with van der Waals surface area (Å²) in [6.07, 6.45) is 3.31. The maximum Gasteiger partial charge on any atom is 0.242 e. The zero-order chi connectivity index (χ0) is 21.6. The summed E-state index contributed by atoms with van der Waals surface area (Å²) in [5.41, 5.74) is 11.0. The topological polar surface area (TPSA) is 68.0 Å². The number of aromatic nitrogens is 1. The van der Waals surface area contributed by atoms with Crippen molar-refractivity contribution in [3.8, 4) is 11.1 Å². The highest BCUT2D eigenvalue weighted by atomic mass is 35.5. The fraction of sp³-hybridized carbons (Fsp3) is 0.0769. The Morgan fingerprint density at radius 1 is 0.818 bits per heavy atom. The monoisotopic (exact) mass is 499 g/mol. The van der Waals surface area contributed by atoms with Crippen molar-refractivity contribution in [3.63, 3.8) is 0 Å². The SMILES string of the molecule is Cl.Cl.N[C@H](C(=O)Nc1ccc(-c2ccncc2Cl)cc1)C(c1ccccc1)c1ccccc1. The maximum absolute atomic E-state index is 13.0. The molecule has 1 aromatic heterocycles. The van der Waals surface area contributed by atoms with Gasteiger partial charge in [-0.2, -0.15) is 0 Å². The third-order valence-electron chi connectivity index (χ3n) is 5.22. The Bertz CT molecular complexity index is 1120. The largest absolute Gasteiger partial charge is 0.325 e. The van der Waals surface area contributed by atoms with Crippen LogP contribution in [0.15, 0.2) is 103 Å². The molecular formula is C26H24Cl3N3O. The van der Waals surface area contributed by atoms with E-state index < -0.39 is 6.04 Å². The summed E-state index contributed by atoms with van der Waals surface area (Å²) in [7, 11) is 0. The van der Waals surface area contributed by atoms with Crippen molar-refractivity contribution in [1.82, 2.24) is 4.98 Å². The zero-order valence-corrected chi connectivity index (χ0v) is 20.0. The second kappa shape index (κ2) is 12.4. The standard InChI is InChI=1S/C26H22ClN3O.2ClH/c27-23-17-29-16-15-22(23)18-11-13-21(14-12-18)30-26(31)25(28)24(19-7-3-1-4-8-19)20-9-5-2-6-10-20;;/h1-17,24-25H,28H2,(H,30,31);2*1H/t25-;;/m0../s1. The minimum atomic E-state index is -0.751. The molecule has 3 N–H and O–H groups in total. The first kappa shape index (κ1) is 26.4. The van der Waals surface area contributed by atoms with Crippen LogP contribution < -0.4 is 11.1 Å². The summed E-state index contributed by atoms with van der Waals surface area (Å²) in [6, 6.07) is 28.3. The molecule has 1 amide bonds. The van der Waals surface area contributed by atoms with Crippen molar-refractivity contribution in [3.05, 3.63) is 120 Å². The lowest BCUT2D eigenvalue weighted by atomic mass is 9.85. The number of carbonyl (C=O) groups is 1. The number of nitrogens with zero attached hydrogens (tertiary/aromatic N) is 1. The van der Waals surface area contributed by atoms with Gasteiger partial charge in [-0.3, -0.25) is 9.78 Å². The van der Waals surface area contributed by atoms with E-state index in [1.165, 1.54) is 0 Å². The number of pyridine rings is 1. The summed E-state index contributed by atoms with van der Waals surface area (Å²) < 4.78 is 0. The van der Waals surface area contributed by atoms with Crippen molar-refractivity contribution >= 4 is 48.0 Å². The summed E-state index contributed by atoms with van der Waals surface area (Å²) in [6.45, 7) is 0. The van der Waals surface area contributed by atoms with Gasteiger partial charge in [-0.25, -0.2) is 0 Å². The van der Waals surface area contributed by atoms with Crippen molar-refractivity contribution in [2.75, 3.05) is 5.32 Å². The molecule has 0 aliphatic heterocycles. The molecule has 0 bridgehead atoms. The molecule has 0 radical (unpaired) electrons. The summed E-state index contributed by atoms with van der Waals surface area (Å²) in [5.74, 6) is -0.496. The van der Waals surface area contributed by atoms with Crippen LogP contribution in [0.1, 0.15) is 17.0 Å². The number of anilines is 1. The van der Waals surface area contributed by atoms with E-state index in [1.807, 2.05) is 91.0 Å². The second-order valence-corrected chi connectivity index (χ2v) is 7.65. The molecule has 0 fully saturated rings. The Morgan fingerprint density at radius 3 is 1.88 bits per heavy atom. The van der Waals surface area contributed by atoms with Crippen LogP contribution in [0, 0.1) is 0 Å². The summed E-state index contributed by atoms with van der Waals surface area (Å²) >= 11 is 6.23. The van der Waals surface area contributed by atoms with E-state index in [0.29, 0.717) is 10.7 Å². The smallest absolute Gasteiger partial charge is 0.242 e. The van der Waals surface area contributed by atoms with Crippen molar-refractivity contribution in [2.45, 2.75) is 12.0 Å². The second-order valence-electron chi connectivity index (χ2n) is 7.25. The average molecular weight is 501 g/mol. The predicted octanol–water partition coefficient (Wildman–Crippen LogP) is 6.34. The summed E-state index contributed by atoms with van der Waals surface area (Å²) in [4.78, 5) is 17.1. The van der Waals surface area contributed by atoms with Crippen LogP contribution in [-0.4, -0.2) is 16.9 Å². The molecule has 0 spiro atoms. The minimum absolute atomic E-state index is 0. The normalized spacial score (nSPS) is 11.1. The van der Waals surface area contributed by atoms with Gasteiger partial charge < -0.3 is 11.1 Å². The van der Waals surface area contributed by atoms with Crippen LogP contribution in [0.5, 0.6) is 0 Å². The molecule has 4 nitrogen and oxygen atoms in total. The van der Waals surface area contributed by atoms with E-state index in [1.54, 1.807) is 12.4 Å². The molecule has 3 aromatic carbocycles. The Hall–Kier alpha value is -2.89. The van der Waals surface area contributed by atoms with Crippen molar-refractivity contribution in [1.29, 1.82) is 0 Å². The van der Waals surface area contributed by atoms with Gasteiger partial charge in [-0.15, -0.1) is 24.8 Å². The van der Waals surface area contributed by atoms with Gasteiger partial charge in [-0.05, 0) is 34.9 Å². The molecule has 170 valence electrons. The van der Waals surface area contributed by atoms with Crippen LogP contribution in [0.25, 0.3) is 11.1 Å². The van der Waals surface area contributed by atoms with Gasteiger partial charge in [0.1, 0.15) is 0 Å². The molecule has 0 saturated carbocycles. The Balaban J connectivity index is 0.00000193. The van der Waals surface area contributed by atoms with E-state index in [9.17, 15) is 4.79 Å². The highest BCUT2D eigenvalue weighted by Crippen LogP contribution is 2.29. The molecule has 1 atom stereocenters. The molecule has 4 rings (SSSR count). The lowest BCUT2D eigenvalue weighted by Crippen LogP contribution is -2.41. The third-order valence-corrected chi connectivity index (χ3v) is 5.52. The van der Waals surface area contributed by atoms with Gasteiger partial charge >= 0.3 is 0 Å².